The Hall–Kier alpha value is -1.95. The van der Waals surface area contributed by atoms with Crippen LogP contribution in [-0.2, 0) is 20.8 Å². The molecule has 1 fully saturated rings. The van der Waals surface area contributed by atoms with Crippen molar-refractivity contribution in [2.75, 3.05) is 20.2 Å². The number of hydrogen-bond donors (Lipinski definition) is 0. The molecule has 25 heavy (non-hydrogen) atoms. The average Bonchev–Trinajstić information content (AvgIpc) is 3.08. The Kier molecular flexibility index (Phi) is 6.02. The number of oxime groups is 1. The zero-order chi connectivity index (χ0) is 17.6. The Morgan fingerprint density at radius 2 is 2.28 bits per heavy atom. The van der Waals surface area contributed by atoms with Gasteiger partial charge in [0, 0.05) is 33.0 Å². The number of amides is 1. The lowest BCUT2D eigenvalue weighted by molar-refractivity contribution is -0.141. The van der Waals surface area contributed by atoms with Crippen LogP contribution in [0.2, 0.25) is 0 Å². The number of halogens is 1. The number of carbonyl (C=O) groups is 1. The summed E-state index contributed by atoms with van der Waals surface area (Å²) in [6, 6.07) is 6.41. The van der Waals surface area contributed by atoms with E-state index >= 15 is 0 Å². The Balaban J connectivity index is 1.44. The van der Waals surface area contributed by atoms with Gasteiger partial charge in [-0.1, -0.05) is 17.3 Å². The number of hydrogen-bond acceptors (Lipinski definition) is 4. The number of carbonyl (C=O) groups excluding carboxylic acids is 1. The van der Waals surface area contributed by atoms with Crippen molar-refractivity contribution in [1.29, 1.82) is 0 Å². The van der Waals surface area contributed by atoms with Crippen LogP contribution >= 0.6 is 0 Å². The monoisotopic (exact) mass is 348 g/mol. The fourth-order valence-corrected chi connectivity index (χ4v) is 3.27. The van der Waals surface area contributed by atoms with Gasteiger partial charge in [0.2, 0.25) is 6.10 Å². The average molecular weight is 348 g/mol. The molecule has 0 aliphatic carbocycles. The van der Waals surface area contributed by atoms with Gasteiger partial charge in [-0.3, -0.25) is 4.79 Å². The van der Waals surface area contributed by atoms with Crippen molar-refractivity contribution < 1.29 is 18.8 Å². The summed E-state index contributed by atoms with van der Waals surface area (Å²) in [6.45, 7) is 1.48. The molecule has 0 aromatic heterocycles. The lowest BCUT2D eigenvalue weighted by atomic mass is 10.0. The van der Waals surface area contributed by atoms with E-state index < -0.39 is 6.10 Å². The van der Waals surface area contributed by atoms with E-state index in [4.69, 9.17) is 9.57 Å². The summed E-state index contributed by atoms with van der Waals surface area (Å²) in [5, 5.41) is 4.02. The molecule has 0 spiro atoms. The number of rotatable bonds is 6. The summed E-state index contributed by atoms with van der Waals surface area (Å²) in [6.07, 6.45) is 4.90. The Bertz CT molecular complexity index is 629. The minimum Gasteiger partial charge on any atom is -0.382 e. The summed E-state index contributed by atoms with van der Waals surface area (Å²) in [5.74, 6) is -0.330. The maximum absolute atomic E-state index is 13.2. The van der Waals surface area contributed by atoms with Gasteiger partial charge in [-0.25, -0.2) is 4.39 Å². The molecule has 5 nitrogen and oxygen atoms in total. The van der Waals surface area contributed by atoms with Crippen LogP contribution in [0.5, 0.6) is 0 Å². The number of ether oxygens (including phenoxy) is 1. The fraction of sp³-hybridized carbons (Fsp3) is 0.579. The molecule has 1 aromatic carbocycles. The second kappa shape index (κ2) is 8.43. The van der Waals surface area contributed by atoms with E-state index in [2.05, 4.69) is 5.16 Å². The third-order valence-corrected chi connectivity index (χ3v) is 4.74. The lowest BCUT2D eigenvalue weighted by Gasteiger charge is -2.26. The molecule has 2 aliphatic heterocycles. The number of nitrogens with zero attached hydrogens (tertiary/aromatic N) is 2. The normalized spacial score (nSPS) is 23.0. The second-order valence-corrected chi connectivity index (χ2v) is 6.80. The maximum Gasteiger partial charge on any atom is 0.266 e. The Labute approximate surface area is 147 Å². The summed E-state index contributed by atoms with van der Waals surface area (Å²) < 4.78 is 19.0. The molecule has 2 heterocycles. The predicted molar refractivity (Wildman–Crippen MR) is 92.9 cm³/mol. The molecule has 1 saturated heterocycles. The molecule has 2 aliphatic rings. The van der Waals surface area contributed by atoms with Gasteiger partial charge in [0.1, 0.15) is 5.82 Å². The standard InChI is InChI=1S/C19H25FN2O3/c1-22(9-8-17-7-2-3-10-24-17)19(23)18-13-16(21-25-18)12-14-5-4-6-15(20)11-14/h4-6,11,17-18H,2-3,7-10,12-13H2,1H3/t17-,18-/m1/s1. The highest BCUT2D eigenvalue weighted by Gasteiger charge is 2.30. The Morgan fingerprint density at radius 3 is 3.04 bits per heavy atom. The number of likely N-dealkylation sites (N-methyl/N-ethyl adjacent to an activating group) is 1. The molecular weight excluding hydrogens is 323 g/mol. The van der Waals surface area contributed by atoms with Crippen LogP contribution in [0.1, 0.15) is 37.7 Å². The molecule has 0 bridgehead atoms. The van der Waals surface area contributed by atoms with Crippen LogP contribution in [-0.4, -0.2) is 48.9 Å². The van der Waals surface area contributed by atoms with Crippen molar-refractivity contribution in [2.45, 2.75) is 50.7 Å². The summed E-state index contributed by atoms with van der Waals surface area (Å²) >= 11 is 0. The van der Waals surface area contributed by atoms with Crippen molar-refractivity contribution in [3.05, 3.63) is 35.6 Å². The van der Waals surface area contributed by atoms with Crippen LogP contribution in [0.3, 0.4) is 0 Å². The highest BCUT2D eigenvalue weighted by atomic mass is 19.1. The zero-order valence-corrected chi connectivity index (χ0v) is 14.6. The topological polar surface area (TPSA) is 51.1 Å². The van der Waals surface area contributed by atoms with Crippen LogP contribution in [0, 0.1) is 5.82 Å². The first-order valence-electron chi connectivity index (χ1n) is 8.94. The largest absolute Gasteiger partial charge is 0.382 e. The quantitative estimate of drug-likeness (QED) is 0.794. The summed E-state index contributed by atoms with van der Waals surface area (Å²) in [7, 11) is 1.79. The van der Waals surface area contributed by atoms with Crippen LogP contribution in [0.25, 0.3) is 0 Å². The van der Waals surface area contributed by atoms with Crippen molar-refractivity contribution in [3.8, 4) is 0 Å². The minimum atomic E-state index is -0.569. The van der Waals surface area contributed by atoms with Gasteiger partial charge < -0.3 is 14.5 Å². The van der Waals surface area contributed by atoms with E-state index in [-0.39, 0.29) is 17.8 Å². The van der Waals surface area contributed by atoms with Gasteiger partial charge in [0.25, 0.3) is 5.91 Å². The maximum atomic E-state index is 13.2. The molecule has 136 valence electrons. The first kappa shape index (κ1) is 17.9. The molecule has 6 heteroatoms. The molecule has 2 atom stereocenters. The summed E-state index contributed by atoms with van der Waals surface area (Å²) in [4.78, 5) is 19.5. The van der Waals surface area contributed by atoms with E-state index in [1.54, 1.807) is 18.0 Å². The molecule has 0 radical (unpaired) electrons. The van der Waals surface area contributed by atoms with Crippen molar-refractivity contribution in [1.82, 2.24) is 4.90 Å². The minimum absolute atomic E-state index is 0.0613. The first-order chi connectivity index (χ1) is 12.1. The van der Waals surface area contributed by atoms with Gasteiger partial charge in [-0.15, -0.1) is 0 Å². The van der Waals surface area contributed by atoms with Gasteiger partial charge in [-0.05, 0) is 43.4 Å². The Morgan fingerprint density at radius 1 is 1.40 bits per heavy atom. The van der Waals surface area contributed by atoms with Gasteiger partial charge in [-0.2, -0.15) is 0 Å². The number of benzene rings is 1. The predicted octanol–water partition coefficient (Wildman–Crippen LogP) is 2.93. The van der Waals surface area contributed by atoms with Crippen molar-refractivity contribution in [2.24, 2.45) is 5.16 Å². The van der Waals surface area contributed by atoms with Crippen molar-refractivity contribution >= 4 is 11.6 Å². The van der Waals surface area contributed by atoms with Gasteiger partial charge in [0.15, 0.2) is 0 Å². The van der Waals surface area contributed by atoms with E-state index in [0.29, 0.717) is 19.4 Å². The highest BCUT2D eigenvalue weighted by Crippen LogP contribution is 2.19. The summed E-state index contributed by atoms with van der Waals surface area (Å²) in [5.41, 5.74) is 1.60. The highest BCUT2D eigenvalue weighted by molar-refractivity contribution is 5.93. The molecule has 0 saturated carbocycles. The van der Waals surface area contributed by atoms with Crippen LogP contribution in [0.4, 0.5) is 4.39 Å². The smallest absolute Gasteiger partial charge is 0.266 e. The third kappa shape index (κ3) is 5.01. The lowest BCUT2D eigenvalue weighted by Crippen LogP contribution is -2.38. The van der Waals surface area contributed by atoms with Crippen LogP contribution in [0.15, 0.2) is 29.4 Å². The third-order valence-electron chi connectivity index (χ3n) is 4.74. The van der Waals surface area contributed by atoms with Gasteiger partial charge in [0.05, 0.1) is 11.8 Å². The molecular formula is C19H25FN2O3. The molecule has 3 rings (SSSR count). The molecule has 1 amide bonds. The molecule has 0 N–H and O–H groups in total. The van der Waals surface area contributed by atoms with E-state index in [1.807, 2.05) is 6.07 Å². The first-order valence-corrected chi connectivity index (χ1v) is 8.94. The van der Waals surface area contributed by atoms with Gasteiger partial charge >= 0.3 is 0 Å². The fourth-order valence-electron chi connectivity index (χ4n) is 3.27. The van der Waals surface area contributed by atoms with E-state index in [1.165, 1.54) is 18.6 Å². The van der Waals surface area contributed by atoms with Crippen LogP contribution < -0.4 is 0 Å². The van der Waals surface area contributed by atoms with Crippen molar-refractivity contribution in [3.63, 3.8) is 0 Å². The SMILES string of the molecule is CN(CC[C@H]1CCCCO1)C(=O)[C@H]1CC(Cc2cccc(F)c2)=NO1. The molecule has 1 aromatic rings. The van der Waals surface area contributed by atoms with E-state index in [9.17, 15) is 9.18 Å². The zero-order valence-electron chi connectivity index (χ0n) is 14.6. The van der Waals surface area contributed by atoms with E-state index in [0.717, 1.165) is 37.1 Å². The molecule has 0 unspecified atom stereocenters. The second-order valence-electron chi connectivity index (χ2n) is 6.80.